The number of amides is 3. The van der Waals surface area contributed by atoms with Crippen molar-refractivity contribution in [2.24, 2.45) is 0 Å². The second kappa shape index (κ2) is 4.38. The summed E-state index contributed by atoms with van der Waals surface area (Å²) in [6, 6.07) is -0.831. The average molecular weight is 275 g/mol. The van der Waals surface area contributed by atoms with Gasteiger partial charge in [-0.25, -0.2) is 0 Å². The summed E-state index contributed by atoms with van der Waals surface area (Å²) in [5.74, 6) is -1.31. The van der Waals surface area contributed by atoms with Gasteiger partial charge in [0.1, 0.15) is 6.04 Å². The van der Waals surface area contributed by atoms with E-state index in [9.17, 15) is 19.5 Å². The molecule has 2 aliphatic rings. The van der Waals surface area contributed by atoms with Gasteiger partial charge in [0.2, 0.25) is 11.8 Å². The predicted octanol–water partition coefficient (Wildman–Crippen LogP) is -0.358. The van der Waals surface area contributed by atoms with Crippen LogP contribution in [-0.2, 0) is 9.59 Å². The zero-order valence-electron chi connectivity index (χ0n) is 10.8. The normalized spacial score (nSPS) is 25.7. The Hall–Kier alpha value is -2.28. The van der Waals surface area contributed by atoms with Crippen molar-refractivity contribution in [2.45, 2.75) is 32.0 Å². The molecule has 0 saturated carbocycles. The van der Waals surface area contributed by atoms with Crippen LogP contribution in [0.2, 0.25) is 0 Å². The van der Waals surface area contributed by atoms with Crippen LogP contribution in [-0.4, -0.2) is 38.8 Å². The smallest absolute Gasteiger partial charge is 0.257 e. The Labute approximate surface area is 114 Å². The predicted molar refractivity (Wildman–Crippen MR) is 66.3 cm³/mol. The molecule has 2 N–H and O–H groups in total. The number of fused-ring (bicyclic) bond motifs is 1. The molecule has 0 aromatic carbocycles. The Kier molecular flexibility index (Phi) is 2.79. The zero-order chi connectivity index (χ0) is 14.4. The number of nitrogens with one attached hydrogen (secondary N) is 1. The zero-order valence-corrected chi connectivity index (χ0v) is 10.8. The topological polar surface area (TPSA) is 99.6 Å². The highest BCUT2D eigenvalue weighted by Gasteiger charge is 2.45. The van der Waals surface area contributed by atoms with E-state index in [1.165, 1.54) is 12.4 Å². The number of imide groups is 1. The molecule has 3 amide bonds. The second-order valence-electron chi connectivity index (χ2n) is 4.97. The average Bonchev–Trinajstić information content (AvgIpc) is 2.64. The number of carbonyl (C=O) groups excluding carboxylic acids is 3. The van der Waals surface area contributed by atoms with E-state index < -0.39 is 24.1 Å². The molecular formula is C13H13N3O4. The Balaban J connectivity index is 1.98. The molecule has 0 bridgehead atoms. The van der Waals surface area contributed by atoms with E-state index in [2.05, 4.69) is 10.3 Å². The van der Waals surface area contributed by atoms with Crippen molar-refractivity contribution in [3.63, 3.8) is 0 Å². The van der Waals surface area contributed by atoms with E-state index in [4.69, 9.17) is 0 Å². The first-order valence-electron chi connectivity index (χ1n) is 6.29. The number of hydrogen-bond acceptors (Lipinski definition) is 5. The Morgan fingerprint density at radius 1 is 1.35 bits per heavy atom. The summed E-state index contributed by atoms with van der Waals surface area (Å²) in [6.07, 6.45) is 2.14. The van der Waals surface area contributed by atoms with Crippen LogP contribution in [0.4, 0.5) is 0 Å². The molecule has 1 saturated heterocycles. The Bertz CT molecular complexity index is 628. The number of hydrogen-bond donors (Lipinski definition) is 2. The second-order valence-corrected chi connectivity index (χ2v) is 4.97. The van der Waals surface area contributed by atoms with Crippen molar-refractivity contribution in [3.8, 4) is 0 Å². The van der Waals surface area contributed by atoms with Gasteiger partial charge in [0.25, 0.3) is 5.91 Å². The highest BCUT2D eigenvalue weighted by molar-refractivity contribution is 6.06. The lowest BCUT2D eigenvalue weighted by atomic mass is 10.0. The Morgan fingerprint density at radius 3 is 2.75 bits per heavy atom. The number of rotatable bonds is 1. The van der Waals surface area contributed by atoms with Crippen molar-refractivity contribution in [1.29, 1.82) is 0 Å². The molecular weight excluding hydrogens is 262 g/mol. The van der Waals surface area contributed by atoms with Gasteiger partial charge in [-0.15, -0.1) is 0 Å². The van der Waals surface area contributed by atoms with Crippen LogP contribution in [0.5, 0.6) is 0 Å². The molecule has 2 unspecified atom stereocenters. The van der Waals surface area contributed by atoms with E-state index in [1.54, 1.807) is 6.92 Å². The van der Waals surface area contributed by atoms with Crippen LogP contribution in [0.25, 0.3) is 0 Å². The number of nitrogens with zero attached hydrogens (tertiary/aromatic N) is 2. The first kappa shape index (κ1) is 12.7. The van der Waals surface area contributed by atoms with Crippen LogP contribution in [0.3, 0.4) is 0 Å². The van der Waals surface area contributed by atoms with E-state index in [1.807, 2.05) is 0 Å². The molecule has 20 heavy (non-hydrogen) atoms. The van der Waals surface area contributed by atoms with Crippen molar-refractivity contribution in [1.82, 2.24) is 15.2 Å². The van der Waals surface area contributed by atoms with Crippen LogP contribution in [0, 0.1) is 6.92 Å². The van der Waals surface area contributed by atoms with E-state index >= 15 is 0 Å². The third-order valence-corrected chi connectivity index (χ3v) is 3.70. The fraction of sp³-hybridized carbons (Fsp3) is 0.385. The van der Waals surface area contributed by atoms with Gasteiger partial charge in [-0.05, 0) is 18.9 Å². The number of aliphatic hydroxyl groups is 1. The van der Waals surface area contributed by atoms with Crippen LogP contribution >= 0.6 is 0 Å². The molecule has 1 aromatic rings. The third-order valence-electron chi connectivity index (χ3n) is 3.70. The SMILES string of the molecule is Cc1cncc2c1C(=O)N(C1CCC(=O)NC1=O)C2O. The lowest BCUT2D eigenvalue weighted by Gasteiger charge is -2.31. The van der Waals surface area contributed by atoms with Gasteiger partial charge < -0.3 is 5.11 Å². The summed E-state index contributed by atoms with van der Waals surface area (Å²) in [5.41, 5.74) is 1.44. The molecule has 7 heteroatoms. The number of aromatic nitrogens is 1. The summed E-state index contributed by atoms with van der Waals surface area (Å²) in [5, 5.41) is 12.5. The lowest BCUT2D eigenvalue weighted by Crippen LogP contribution is -2.53. The quantitative estimate of drug-likeness (QED) is 0.682. The maximum absolute atomic E-state index is 12.4. The van der Waals surface area contributed by atoms with Gasteiger partial charge in [-0.1, -0.05) is 0 Å². The summed E-state index contributed by atoms with van der Waals surface area (Å²) < 4.78 is 0. The number of piperidine rings is 1. The number of aryl methyl sites for hydroxylation is 1. The van der Waals surface area contributed by atoms with Gasteiger partial charge in [-0.3, -0.25) is 29.6 Å². The monoisotopic (exact) mass is 275 g/mol. The maximum Gasteiger partial charge on any atom is 0.257 e. The van der Waals surface area contributed by atoms with Crippen molar-refractivity contribution >= 4 is 17.7 Å². The van der Waals surface area contributed by atoms with Crippen LogP contribution in [0.15, 0.2) is 12.4 Å². The largest absolute Gasteiger partial charge is 0.369 e. The van der Waals surface area contributed by atoms with E-state index in [0.717, 1.165) is 4.90 Å². The van der Waals surface area contributed by atoms with Crippen LogP contribution < -0.4 is 5.32 Å². The molecule has 1 fully saturated rings. The van der Waals surface area contributed by atoms with Gasteiger partial charge in [-0.2, -0.15) is 0 Å². The van der Waals surface area contributed by atoms with Crippen molar-refractivity contribution in [3.05, 3.63) is 29.1 Å². The minimum atomic E-state index is -1.20. The molecule has 3 rings (SSSR count). The lowest BCUT2D eigenvalue weighted by molar-refractivity contribution is -0.139. The third kappa shape index (κ3) is 1.70. The fourth-order valence-corrected chi connectivity index (χ4v) is 2.72. The first-order chi connectivity index (χ1) is 9.50. The maximum atomic E-state index is 12.4. The molecule has 7 nitrogen and oxygen atoms in total. The molecule has 2 atom stereocenters. The molecule has 1 aromatic heterocycles. The molecule has 3 heterocycles. The van der Waals surface area contributed by atoms with E-state index in [-0.39, 0.29) is 18.7 Å². The van der Waals surface area contributed by atoms with E-state index in [0.29, 0.717) is 16.7 Å². The number of pyridine rings is 1. The standard InChI is InChI=1S/C13H13N3O4/c1-6-4-14-5-7-10(6)13(20)16(12(7)19)8-2-3-9(17)15-11(8)18/h4-5,8,12,19H,2-3H2,1H3,(H,15,17,18). The minimum Gasteiger partial charge on any atom is -0.369 e. The number of carbonyl (C=O) groups is 3. The summed E-state index contributed by atoms with van der Waals surface area (Å²) >= 11 is 0. The fourth-order valence-electron chi connectivity index (χ4n) is 2.72. The number of aliphatic hydroxyl groups excluding tert-OH is 1. The van der Waals surface area contributed by atoms with Gasteiger partial charge in [0.05, 0.1) is 5.56 Å². The van der Waals surface area contributed by atoms with Crippen LogP contribution in [0.1, 0.15) is 40.6 Å². The first-order valence-corrected chi connectivity index (χ1v) is 6.29. The summed E-state index contributed by atoms with van der Waals surface area (Å²) in [7, 11) is 0. The minimum absolute atomic E-state index is 0.153. The van der Waals surface area contributed by atoms with Crippen molar-refractivity contribution in [2.75, 3.05) is 0 Å². The molecule has 104 valence electrons. The van der Waals surface area contributed by atoms with Gasteiger partial charge in [0.15, 0.2) is 6.23 Å². The van der Waals surface area contributed by atoms with Gasteiger partial charge in [0, 0.05) is 24.4 Å². The van der Waals surface area contributed by atoms with Crippen molar-refractivity contribution < 1.29 is 19.5 Å². The molecule has 2 aliphatic heterocycles. The van der Waals surface area contributed by atoms with Gasteiger partial charge >= 0.3 is 0 Å². The Morgan fingerprint density at radius 2 is 2.10 bits per heavy atom. The molecule has 0 aliphatic carbocycles. The summed E-state index contributed by atoms with van der Waals surface area (Å²) in [6.45, 7) is 1.73. The highest BCUT2D eigenvalue weighted by Crippen LogP contribution is 2.35. The highest BCUT2D eigenvalue weighted by atomic mass is 16.3. The molecule has 0 spiro atoms. The molecule has 0 radical (unpaired) electrons. The summed E-state index contributed by atoms with van der Waals surface area (Å²) in [4.78, 5) is 40.5.